The highest BCUT2D eigenvalue weighted by Gasteiger charge is 2.25. The fraction of sp³-hybridized carbons (Fsp3) is 0.417. The number of hydrogen-bond acceptors (Lipinski definition) is 3. The monoisotopic (exact) mass is 274 g/mol. The zero-order valence-corrected chi connectivity index (χ0v) is 11.2. The first-order valence-electron chi connectivity index (χ1n) is 5.59. The SMILES string of the molecule is CCNC(=O)N(C)c1c(F)c(OC)cc(OC)c1F. The van der Waals surface area contributed by atoms with Gasteiger partial charge in [0.1, 0.15) is 5.69 Å². The first-order chi connectivity index (χ1) is 8.97. The van der Waals surface area contributed by atoms with Crippen LogP contribution in [0.3, 0.4) is 0 Å². The number of carbonyl (C=O) groups excluding carboxylic acids is 1. The summed E-state index contributed by atoms with van der Waals surface area (Å²) in [5, 5.41) is 2.45. The van der Waals surface area contributed by atoms with Gasteiger partial charge in [0, 0.05) is 19.7 Å². The van der Waals surface area contributed by atoms with Crippen LogP contribution in [0.25, 0.3) is 0 Å². The van der Waals surface area contributed by atoms with Crippen LogP contribution in [0.2, 0.25) is 0 Å². The predicted octanol–water partition coefficient (Wildman–Crippen LogP) is 2.15. The van der Waals surface area contributed by atoms with Crippen molar-refractivity contribution in [3.05, 3.63) is 17.7 Å². The van der Waals surface area contributed by atoms with E-state index in [-0.39, 0.29) is 11.5 Å². The van der Waals surface area contributed by atoms with E-state index in [4.69, 9.17) is 9.47 Å². The number of nitrogens with one attached hydrogen (secondary N) is 1. The number of halogens is 2. The maximum atomic E-state index is 14.1. The molecular formula is C12H16F2N2O3. The first kappa shape index (κ1) is 15.0. The lowest BCUT2D eigenvalue weighted by molar-refractivity contribution is 0.247. The molecule has 0 saturated carbocycles. The number of amides is 2. The molecule has 0 aliphatic carbocycles. The maximum Gasteiger partial charge on any atom is 0.321 e. The molecular weight excluding hydrogens is 258 g/mol. The molecule has 106 valence electrons. The van der Waals surface area contributed by atoms with Gasteiger partial charge in [-0.2, -0.15) is 0 Å². The maximum absolute atomic E-state index is 14.1. The highest BCUT2D eigenvalue weighted by atomic mass is 19.1. The number of methoxy groups -OCH3 is 2. The average molecular weight is 274 g/mol. The highest BCUT2D eigenvalue weighted by molar-refractivity contribution is 5.92. The van der Waals surface area contributed by atoms with E-state index in [1.807, 2.05) is 0 Å². The number of anilines is 1. The normalized spacial score (nSPS) is 10.0. The Morgan fingerprint density at radius 2 is 1.74 bits per heavy atom. The van der Waals surface area contributed by atoms with Crippen molar-refractivity contribution in [1.29, 1.82) is 0 Å². The zero-order chi connectivity index (χ0) is 14.6. The van der Waals surface area contributed by atoms with Crippen LogP contribution < -0.4 is 19.7 Å². The Hall–Kier alpha value is -2.05. The lowest BCUT2D eigenvalue weighted by atomic mass is 10.2. The minimum absolute atomic E-state index is 0.204. The van der Waals surface area contributed by atoms with Gasteiger partial charge in [-0.05, 0) is 6.92 Å². The Labute approximate surface area is 110 Å². The van der Waals surface area contributed by atoms with Gasteiger partial charge in [-0.15, -0.1) is 0 Å². The summed E-state index contributed by atoms with van der Waals surface area (Å²) in [6, 6.07) is 0.454. The van der Waals surface area contributed by atoms with Crippen LogP contribution in [0.4, 0.5) is 19.3 Å². The van der Waals surface area contributed by atoms with E-state index in [9.17, 15) is 13.6 Å². The van der Waals surface area contributed by atoms with Gasteiger partial charge in [0.15, 0.2) is 23.1 Å². The zero-order valence-electron chi connectivity index (χ0n) is 11.2. The lowest BCUT2D eigenvalue weighted by Gasteiger charge is -2.21. The summed E-state index contributed by atoms with van der Waals surface area (Å²) in [6.07, 6.45) is 0. The second-order valence-corrected chi connectivity index (χ2v) is 3.65. The topological polar surface area (TPSA) is 50.8 Å². The van der Waals surface area contributed by atoms with E-state index in [2.05, 4.69) is 5.32 Å². The van der Waals surface area contributed by atoms with Gasteiger partial charge in [0.25, 0.3) is 0 Å². The molecule has 0 aliphatic rings. The molecule has 0 aliphatic heterocycles. The number of urea groups is 1. The van der Waals surface area contributed by atoms with Gasteiger partial charge in [-0.25, -0.2) is 13.6 Å². The summed E-state index contributed by atoms with van der Waals surface area (Å²) in [7, 11) is 3.74. The van der Waals surface area contributed by atoms with Crippen molar-refractivity contribution in [2.75, 3.05) is 32.7 Å². The van der Waals surface area contributed by atoms with Crippen molar-refractivity contribution < 1.29 is 23.0 Å². The molecule has 5 nitrogen and oxygen atoms in total. The Kier molecular flexibility index (Phi) is 4.91. The predicted molar refractivity (Wildman–Crippen MR) is 66.9 cm³/mol. The third kappa shape index (κ3) is 2.86. The summed E-state index contributed by atoms with van der Waals surface area (Å²) in [5.74, 6) is -2.34. The molecule has 0 atom stereocenters. The molecule has 2 amide bonds. The Balaban J connectivity index is 3.35. The third-order valence-electron chi connectivity index (χ3n) is 2.52. The Bertz CT molecular complexity index is 452. The molecule has 0 heterocycles. The molecule has 0 saturated heterocycles. The number of ether oxygens (including phenoxy) is 2. The first-order valence-corrected chi connectivity index (χ1v) is 5.59. The molecule has 7 heteroatoms. The summed E-state index contributed by atoms with van der Waals surface area (Å²) in [4.78, 5) is 12.5. The minimum atomic E-state index is -0.963. The summed E-state index contributed by atoms with van der Waals surface area (Å²) < 4.78 is 37.7. The van der Waals surface area contributed by atoms with Gasteiger partial charge in [-0.3, -0.25) is 4.90 Å². The van der Waals surface area contributed by atoms with E-state index < -0.39 is 23.4 Å². The van der Waals surface area contributed by atoms with Crippen molar-refractivity contribution in [3.8, 4) is 11.5 Å². The van der Waals surface area contributed by atoms with Crippen molar-refractivity contribution >= 4 is 11.7 Å². The van der Waals surface area contributed by atoms with Crippen LogP contribution >= 0.6 is 0 Å². The van der Waals surface area contributed by atoms with E-state index in [0.29, 0.717) is 6.54 Å². The number of benzene rings is 1. The van der Waals surface area contributed by atoms with Crippen LogP contribution in [-0.4, -0.2) is 33.8 Å². The molecule has 0 spiro atoms. The molecule has 1 aromatic carbocycles. The number of hydrogen-bond donors (Lipinski definition) is 1. The van der Waals surface area contributed by atoms with Gasteiger partial charge in [0.05, 0.1) is 14.2 Å². The molecule has 0 aromatic heterocycles. The van der Waals surface area contributed by atoms with Gasteiger partial charge < -0.3 is 14.8 Å². The van der Waals surface area contributed by atoms with Crippen molar-refractivity contribution in [2.45, 2.75) is 6.92 Å². The van der Waals surface area contributed by atoms with Gasteiger partial charge in [0.2, 0.25) is 0 Å². The molecule has 1 aromatic rings. The molecule has 0 bridgehead atoms. The molecule has 0 fully saturated rings. The lowest BCUT2D eigenvalue weighted by Crippen LogP contribution is -2.38. The van der Waals surface area contributed by atoms with Crippen molar-refractivity contribution in [2.24, 2.45) is 0 Å². The Morgan fingerprint density at radius 1 is 1.26 bits per heavy atom. The van der Waals surface area contributed by atoms with Crippen LogP contribution in [0, 0.1) is 11.6 Å². The third-order valence-corrected chi connectivity index (χ3v) is 2.52. The second-order valence-electron chi connectivity index (χ2n) is 3.65. The van der Waals surface area contributed by atoms with Gasteiger partial charge in [-0.1, -0.05) is 0 Å². The Morgan fingerprint density at radius 3 is 2.11 bits per heavy atom. The summed E-state index contributed by atoms with van der Waals surface area (Å²) in [6.45, 7) is 2.04. The molecule has 1 N–H and O–H groups in total. The average Bonchev–Trinajstić information content (AvgIpc) is 2.39. The fourth-order valence-electron chi connectivity index (χ4n) is 1.54. The second kappa shape index (κ2) is 6.21. The van der Waals surface area contributed by atoms with Crippen molar-refractivity contribution in [1.82, 2.24) is 5.32 Å². The molecule has 19 heavy (non-hydrogen) atoms. The number of carbonyl (C=O) groups is 1. The highest BCUT2D eigenvalue weighted by Crippen LogP contribution is 2.36. The summed E-state index contributed by atoms with van der Waals surface area (Å²) in [5.41, 5.74) is -0.526. The minimum Gasteiger partial charge on any atom is -0.493 e. The quantitative estimate of drug-likeness (QED) is 0.915. The van der Waals surface area contributed by atoms with Crippen LogP contribution in [0.15, 0.2) is 6.07 Å². The molecule has 0 radical (unpaired) electrons. The van der Waals surface area contributed by atoms with Gasteiger partial charge >= 0.3 is 6.03 Å². The van der Waals surface area contributed by atoms with Crippen molar-refractivity contribution in [3.63, 3.8) is 0 Å². The largest absolute Gasteiger partial charge is 0.493 e. The van der Waals surface area contributed by atoms with Crippen LogP contribution in [0.5, 0.6) is 11.5 Å². The van der Waals surface area contributed by atoms with E-state index >= 15 is 0 Å². The molecule has 0 unspecified atom stereocenters. The smallest absolute Gasteiger partial charge is 0.321 e. The standard InChI is InChI=1S/C12H16F2N2O3/c1-5-15-12(17)16(2)11-9(13)7(18-3)6-8(19-4)10(11)14/h6H,5H2,1-4H3,(H,15,17). The fourth-order valence-corrected chi connectivity index (χ4v) is 1.54. The summed E-state index contributed by atoms with van der Waals surface area (Å²) >= 11 is 0. The van der Waals surface area contributed by atoms with Crippen LogP contribution in [0.1, 0.15) is 6.92 Å². The van der Waals surface area contributed by atoms with E-state index in [0.717, 1.165) is 11.0 Å². The number of nitrogens with zero attached hydrogens (tertiary/aromatic N) is 1. The van der Waals surface area contributed by atoms with E-state index in [1.165, 1.54) is 21.3 Å². The molecule has 1 rings (SSSR count). The number of rotatable bonds is 4. The van der Waals surface area contributed by atoms with Crippen LogP contribution in [-0.2, 0) is 0 Å². The van der Waals surface area contributed by atoms with E-state index in [1.54, 1.807) is 6.92 Å².